The Morgan fingerprint density at radius 1 is 0.826 bits per heavy atom. The van der Waals surface area contributed by atoms with Gasteiger partial charge in [-0.15, -0.1) is 0 Å². The fourth-order valence-electron chi connectivity index (χ4n) is 2.38. The highest BCUT2D eigenvalue weighted by Gasteiger charge is 2.23. The van der Waals surface area contributed by atoms with Crippen molar-refractivity contribution in [3.8, 4) is 0 Å². The van der Waals surface area contributed by atoms with Crippen molar-refractivity contribution in [2.75, 3.05) is 13.2 Å². The first-order valence-electron chi connectivity index (χ1n) is 9.27. The van der Waals surface area contributed by atoms with Crippen molar-refractivity contribution in [3.05, 3.63) is 0 Å². The lowest BCUT2D eigenvalue weighted by atomic mass is 10.1. The number of carbonyl (C=O) groups excluding carboxylic acids is 2. The van der Waals surface area contributed by atoms with Gasteiger partial charge in [0.2, 0.25) is 0 Å². The first-order valence-corrected chi connectivity index (χ1v) is 9.27. The highest BCUT2D eigenvalue weighted by Crippen LogP contribution is 2.10. The maximum atomic E-state index is 11.7. The van der Waals surface area contributed by atoms with Crippen LogP contribution in [-0.2, 0) is 19.1 Å². The summed E-state index contributed by atoms with van der Waals surface area (Å²) in [5.41, 5.74) is 3.65. The lowest BCUT2D eigenvalue weighted by Crippen LogP contribution is -2.66. The van der Waals surface area contributed by atoms with E-state index in [9.17, 15) is 9.59 Å². The molecule has 0 aliphatic heterocycles. The Hall–Kier alpha value is -1.10. The largest absolute Gasteiger partial charge is 0.466 e. The molecule has 1 atom stereocenters. The van der Waals surface area contributed by atoms with Crippen molar-refractivity contribution in [3.63, 3.8) is 0 Å². The number of rotatable bonds is 15. The third-order valence-corrected chi connectivity index (χ3v) is 3.79. The summed E-state index contributed by atoms with van der Waals surface area (Å²) in [5.74, 6) is -0.808. The first-order chi connectivity index (χ1) is 11.1. The van der Waals surface area contributed by atoms with E-state index in [4.69, 9.17) is 9.47 Å². The Morgan fingerprint density at radius 3 is 1.87 bits per heavy atom. The molecule has 0 heterocycles. The molecule has 23 heavy (non-hydrogen) atoms. The number of quaternary nitrogens is 1. The summed E-state index contributed by atoms with van der Waals surface area (Å²) >= 11 is 0. The van der Waals surface area contributed by atoms with Gasteiger partial charge in [0.25, 0.3) is 0 Å². The zero-order chi connectivity index (χ0) is 17.3. The predicted molar refractivity (Wildman–Crippen MR) is 90.7 cm³/mol. The molecule has 0 saturated carbocycles. The van der Waals surface area contributed by atoms with Crippen LogP contribution in [0.5, 0.6) is 0 Å². The molecule has 0 aliphatic carbocycles. The van der Waals surface area contributed by atoms with Gasteiger partial charge < -0.3 is 15.2 Å². The quantitative estimate of drug-likeness (QED) is 0.370. The number of unbranched alkanes of at least 4 members (excludes halogenated alkanes) is 9. The first kappa shape index (κ1) is 21.9. The summed E-state index contributed by atoms with van der Waals surface area (Å²) in [6, 6.07) is -0.669. The number of hydrogen-bond donors (Lipinski definition) is 1. The van der Waals surface area contributed by atoms with Crippen LogP contribution in [0.2, 0.25) is 0 Å². The standard InChI is InChI=1S/C18H35NO4/c1-3-5-6-7-8-9-10-11-12-13-14-23-18(21)16(19)15-17(20)22-4-2/h16H,3-15,19H2,1-2H3/p+1. The van der Waals surface area contributed by atoms with E-state index >= 15 is 0 Å². The predicted octanol–water partition coefficient (Wildman–Crippen LogP) is 3.01. The molecular weight excluding hydrogens is 294 g/mol. The average Bonchev–Trinajstić information content (AvgIpc) is 2.52. The number of ether oxygens (including phenoxy) is 2. The summed E-state index contributed by atoms with van der Waals surface area (Å²) in [6.07, 6.45) is 12.4. The van der Waals surface area contributed by atoms with Gasteiger partial charge in [0.15, 0.2) is 6.04 Å². The van der Waals surface area contributed by atoms with Gasteiger partial charge in [0, 0.05) is 0 Å². The monoisotopic (exact) mass is 330 g/mol. The lowest BCUT2D eigenvalue weighted by Gasteiger charge is -2.08. The SMILES string of the molecule is CCCCCCCCCCCCOC(=O)C([NH3+])CC(=O)OCC. The van der Waals surface area contributed by atoms with E-state index in [0.29, 0.717) is 13.2 Å². The lowest BCUT2D eigenvalue weighted by molar-refractivity contribution is -0.407. The number of esters is 2. The second-order valence-electron chi connectivity index (χ2n) is 6.06. The van der Waals surface area contributed by atoms with Gasteiger partial charge in [-0.2, -0.15) is 0 Å². The molecule has 3 N–H and O–H groups in total. The molecule has 0 bridgehead atoms. The van der Waals surface area contributed by atoms with Crippen molar-refractivity contribution in [1.82, 2.24) is 0 Å². The molecule has 0 aliphatic rings. The minimum Gasteiger partial charge on any atom is -0.466 e. The van der Waals surface area contributed by atoms with Gasteiger partial charge in [-0.1, -0.05) is 64.7 Å². The maximum absolute atomic E-state index is 11.7. The topological polar surface area (TPSA) is 80.2 Å². The molecular formula is C18H36NO4+. The molecule has 0 aromatic heterocycles. The molecule has 0 aromatic rings. The van der Waals surface area contributed by atoms with E-state index in [2.05, 4.69) is 12.7 Å². The molecule has 0 fully saturated rings. The highest BCUT2D eigenvalue weighted by atomic mass is 16.5. The molecule has 0 rings (SSSR count). The molecule has 0 spiro atoms. The van der Waals surface area contributed by atoms with E-state index in [1.165, 1.54) is 51.4 Å². The van der Waals surface area contributed by atoms with Crippen LogP contribution >= 0.6 is 0 Å². The zero-order valence-electron chi connectivity index (χ0n) is 15.1. The minimum absolute atomic E-state index is 0.00922. The summed E-state index contributed by atoms with van der Waals surface area (Å²) in [7, 11) is 0. The van der Waals surface area contributed by atoms with Gasteiger partial charge in [0.1, 0.15) is 6.42 Å². The van der Waals surface area contributed by atoms with Gasteiger partial charge in [0.05, 0.1) is 13.2 Å². The third-order valence-electron chi connectivity index (χ3n) is 3.79. The summed E-state index contributed by atoms with van der Waals surface area (Å²) in [6.45, 7) is 4.71. The molecule has 1 unspecified atom stereocenters. The van der Waals surface area contributed by atoms with Crippen LogP contribution in [0.4, 0.5) is 0 Å². The minimum atomic E-state index is -0.669. The van der Waals surface area contributed by atoms with Gasteiger partial charge in [-0.25, -0.2) is 4.79 Å². The van der Waals surface area contributed by atoms with Gasteiger partial charge in [-0.05, 0) is 13.3 Å². The van der Waals surface area contributed by atoms with Crippen molar-refractivity contribution in [1.29, 1.82) is 0 Å². The van der Waals surface area contributed by atoms with Crippen LogP contribution in [-0.4, -0.2) is 31.2 Å². The fraction of sp³-hybridized carbons (Fsp3) is 0.889. The van der Waals surface area contributed by atoms with Crippen LogP contribution in [0.15, 0.2) is 0 Å². The Labute approximate surface area is 141 Å². The van der Waals surface area contributed by atoms with E-state index in [-0.39, 0.29) is 6.42 Å². The van der Waals surface area contributed by atoms with Crippen LogP contribution in [0, 0.1) is 0 Å². The summed E-state index contributed by atoms with van der Waals surface area (Å²) in [4.78, 5) is 22.9. The van der Waals surface area contributed by atoms with Crippen LogP contribution in [0.3, 0.4) is 0 Å². The van der Waals surface area contributed by atoms with Crippen molar-refractivity contribution >= 4 is 11.9 Å². The molecule has 0 aromatic carbocycles. The smallest absolute Gasteiger partial charge is 0.365 e. The summed E-state index contributed by atoms with van der Waals surface area (Å²) in [5, 5.41) is 0. The maximum Gasteiger partial charge on any atom is 0.365 e. The fourth-order valence-corrected chi connectivity index (χ4v) is 2.38. The van der Waals surface area contributed by atoms with E-state index in [1.807, 2.05) is 0 Å². The summed E-state index contributed by atoms with van der Waals surface area (Å²) < 4.78 is 9.93. The average molecular weight is 330 g/mol. The second kappa shape index (κ2) is 15.8. The van der Waals surface area contributed by atoms with Gasteiger partial charge >= 0.3 is 11.9 Å². The van der Waals surface area contributed by atoms with Gasteiger partial charge in [-0.3, -0.25) is 4.79 Å². The van der Waals surface area contributed by atoms with Crippen LogP contribution in [0.1, 0.15) is 84.5 Å². The van der Waals surface area contributed by atoms with Crippen LogP contribution < -0.4 is 5.73 Å². The number of carbonyl (C=O) groups is 2. The van der Waals surface area contributed by atoms with Crippen LogP contribution in [0.25, 0.3) is 0 Å². The zero-order valence-corrected chi connectivity index (χ0v) is 15.1. The molecule has 136 valence electrons. The van der Waals surface area contributed by atoms with E-state index in [0.717, 1.165) is 12.8 Å². The third kappa shape index (κ3) is 14.2. The molecule has 0 amide bonds. The number of hydrogen-bond acceptors (Lipinski definition) is 4. The molecule has 0 radical (unpaired) electrons. The Morgan fingerprint density at radius 2 is 1.35 bits per heavy atom. The Bertz CT molecular complexity index is 307. The van der Waals surface area contributed by atoms with Crippen molar-refractivity contribution in [2.45, 2.75) is 90.5 Å². The Kier molecular flexibility index (Phi) is 15.0. The highest BCUT2D eigenvalue weighted by molar-refractivity contribution is 5.81. The van der Waals surface area contributed by atoms with E-state index in [1.54, 1.807) is 6.92 Å². The van der Waals surface area contributed by atoms with Crippen molar-refractivity contribution < 1.29 is 24.8 Å². The van der Waals surface area contributed by atoms with Crippen molar-refractivity contribution in [2.24, 2.45) is 0 Å². The second-order valence-corrected chi connectivity index (χ2v) is 6.06. The molecule has 5 heteroatoms. The Balaban J connectivity index is 3.40. The molecule has 5 nitrogen and oxygen atoms in total. The molecule has 0 saturated heterocycles. The van der Waals surface area contributed by atoms with E-state index < -0.39 is 18.0 Å². The normalized spacial score (nSPS) is 12.0.